The monoisotopic (exact) mass is 299 g/mol. The molecule has 0 radical (unpaired) electrons. The maximum Gasteiger partial charge on any atom is 0.343 e. The minimum Gasteiger partial charge on any atom is -0.422 e. The summed E-state index contributed by atoms with van der Waals surface area (Å²) in [5.41, 5.74) is 2.79. The van der Waals surface area contributed by atoms with E-state index in [2.05, 4.69) is 6.07 Å². The van der Waals surface area contributed by atoms with Gasteiger partial charge >= 0.3 is 5.97 Å². The third-order valence-electron chi connectivity index (χ3n) is 3.42. The van der Waals surface area contributed by atoms with Crippen LogP contribution in [0.25, 0.3) is 11.1 Å². The summed E-state index contributed by atoms with van der Waals surface area (Å²) in [4.78, 5) is 12.2. The highest BCUT2D eigenvalue weighted by atomic mass is 16.5. The summed E-state index contributed by atoms with van der Waals surface area (Å²) in [6.45, 7) is 0. The first-order valence-electron chi connectivity index (χ1n) is 7.15. The number of rotatable bonds is 3. The van der Waals surface area contributed by atoms with Crippen LogP contribution < -0.4 is 4.74 Å². The van der Waals surface area contributed by atoms with Gasteiger partial charge in [-0.05, 0) is 35.9 Å². The van der Waals surface area contributed by atoms with Gasteiger partial charge in [0.05, 0.1) is 17.2 Å². The number of esters is 1. The lowest BCUT2D eigenvalue weighted by atomic mass is 10.0. The molecule has 0 atom stereocenters. The van der Waals surface area contributed by atoms with Gasteiger partial charge in [0.2, 0.25) is 0 Å². The van der Waals surface area contributed by atoms with E-state index in [9.17, 15) is 4.79 Å². The van der Waals surface area contributed by atoms with Gasteiger partial charge in [-0.3, -0.25) is 0 Å². The van der Waals surface area contributed by atoms with Crippen molar-refractivity contribution in [3.8, 4) is 22.9 Å². The fourth-order valence-corrected chi connectivity index (χ4v) is 2.25. The van der Waals surface area contributed by atoms with E-state index >= 15 is 0 Å². The Bertz CT molecular complexity index is 862. The Labute approximate surface area is 134 Å². The summed E-state index contributed by atoms with van der Waals surface area (Å²) >= 11 is 0. The zero-order chi connectivity index (χ0) is 16.1. The van der Waals surface area contributed by atoms with Crippen LogP contribution in [0.3, 0.4) is 0 Å². The summed E-state index contributed by atoms with van der Waals surface area (Å²) in [5, 5.41) is 8.88. The van der Waals surface area contributed by atoms with Crippen LogP contribution in [0.15, 0.2) is 78.9 Å². The second-order valence-corrected chi connectivity index (χ2v) is 4.94. The second-order valence-electron chi connectivity index (χ2n) is 4.94. The zero-order valence-corrected chi connectivity index (χ0v) is 12.3. The SMILES string of the molecule is N#Cc1ccc(-c2ccccc2OC(=O)c2ccccc2)cc1. The topological polar surface area (TPSA) is 50.1 Å². The van der Waals surface area contributed by atoms with Crippen LogP contribution in [-0.2, 0) is 0 Å². The highest BCUT2D eigenvalue weighted by Crippen LogP contribution is 2.30. The molecule has 0 aliphatic rings. The Morgan fingerprint density at radius 1 is 0.826 bits per heavy atom. The second kappa shape index (κ2) is 6.59. The van der Waals surface area contributed by atoms with Crippen LogP contribution in [0.2, 0.25) is 0 Å². The van der Waals surface area contributed by atoms with E-state index in [1.165, 1.54) is 0 Å². The number of carbonyl (C=O) groups is 1. The minimum atomic E-state index is -0.397. The van der Waals surface area contributed by atoms with Crippen molar-refractivity contribution in [3.05, 3.63) is 90.0 Å². The van der Waals surface area contributed by atoms with Gasteiger partial charge in [0.1, 0.15) is 5.75 Å². The van der Waals surface area contributed by atoms with Crippen LogP contribution in [0.4, 0.5) is 0 Å². The first kappa shape index (κ1) is 14.6. The highest BCUT2D eigenvalue weighted by molar-refractivity contribution is 5.92. The van der Waals surface area contributed by atoms with Crippen LogP contribution in [0, 0.1) is 11.3 Å². The van der Waals surface area contributed by atoms with Crippen molar-refractivity contribution in [1.82, 2.24) is 0 Å². The van der Waals surface area contributed by atoms with Crippen molar-refractivity contribution in [2.24, 2.45) is 0 Å². The molecule has 3 heteroatoms. The summed E-state index contributed by atoms with van der Waals surface area (Å²) in [7, 11) is 0. The van der Waals surface area contributed by atoms with E-state index < -0.39 is 5.97 Å². The molecule has 0 saturated heterocycles. The lowest BCUT2D eigenvalue weighted by Gasteiger charge is -2.10. The molecule has 3 aromatic carbocycles. The molecule has 0 bridgehead atoms. The molecule has 0 fully saturated rings. The van der Waals surface area contributed by atoms with E-state index in [4.69, 9.17) is 10.00 Å². The van der Waals surface area contributed by atoms with Crippen molar-refractivity contribution in [3.63, 3.8) is 0 Å². The van der Waals surface area contributed by atoms with Crippen LogP contribution in [-0.4, -0.2) is 5.97 Å². The van der Waals surface area contributed by atoms with E-state index in [0.29, 0.717) is 16.9 Å². The molecule has 3 nitrogen and oxygen atoms in total. The molecule has 0 saturated carbocycles. The van der Waals surface area contributed by atoms with Gasteiger partial charge in [-0.1, -0.05) is 48.5 Å². The van der Waals surface area contributed by atoms with Crippen molar-refractivity contribution in [2.75, 3.05) is 0 Å². The standard InChI is InChI=1S/C20H13NO2/c21-14-15-10-12-16(13-11-15)18-8-4-5-9-19(18)23-20(22)17-6-2-1-3-7-17/h1-13H. The van der Waals surface area contributed by atoms with Gasteiger partial charge in [-0.25, -0.2) is 4.79 Å². The maximum atomic E-state index is 12.2. The van der Waals surface area contributed by atoms with Crippen molar-refractivity contribution < 1.29 is 9.53 Å². The number of ether oxygens (including phenoxy) is 1. The summed E-state index contributed by atoms with van der Waals surface area (Å²) in [6, 6.07) is 25.5. The minimum absolute atomic E-state index is 0.397. The van der Waals surface area contributed by atoms with Gasteiger partial charge in [0.25, 0.3) is 0 Å². The number of carbonyl (C=O) groups excluding carboxylic acids is 1. The van der Waals surface area contributed by atoms with Crippen molar-refractivity contribution in [2.45, 2.75) is 0 Å². The van der Waals surface area contributed by atoms with Gasteiger partial charge in [-0.2, -0.15) is 5.26 Å². The van der Waals surface area contributed by atoms with Crippen LogP contribution in [0.1, 0.15) is 15.9 Å². The molecule has 0 heterocycles. The molecule has 0 aliphatic carbocycles. The number of nitriles is 1. The summed E-state index contributed by atoms with van der Waals surface area (Å²) in [6.07, 6.45) is 0. The molecule has 0 N–H and O–H groups in total. The fraction of sp³-hybridized carbons (Fsp3) is 0. The predicted octanol–water partition coefficient (Wildman–Crippen LogP) is 4.44. The molecule has 3 aromatic rings. The normalized spacial score (nSPS) is 9.87. The Morgan fingerprint density at radius 3 is 2.17 bits per heavy atom. The Morgan fingerprint density at radius 2 is 1.48 bits per heavy atom. The molecule has 23 heavy (non-hydrogen) atoms. The molecule has 0 amide bonds. The molecule has 0 aliphatic heterocycles. The smallest absolute Gasteiger partial charge is 0.343 e. The number of hydrogen-bond donors (Lipinski definition) is 0. The Balaban J connectivity index is 1.92. The van der Waals surface area contributed by atoms with Gasteiger partial charge in [0.15, 0.2) is 0 Å². The fourth-order valence-electron chi connectivity index (χ4n) is 2.25. The summed E-state index contributed by atoms with van der Waals surface area (Å²) < 4.78 is 5.54. The van der Waals surface area contributed by atoms with E-state index in [0.717, 1.165) is 11.1 Å². The molecule has 0 spiro atoms. The predicted molar refractivity (Wildman–Crippen MR) is 88.0 cm³/mol. The maximum absolute atomic E-state index is 12.2. The quantitative estimate of drug-likeness (QED) is 0.530. The largest absolute Gasteiger partial charge is 0.422 e. The first-order valence-corrected chi connectivity index (χ1v) is 7.15. The number of nitrogens with zero attached hydrogens (tertiary/aromatic N) is 1. The number of para-hydroxylation sites is 1. The third kappa shape index (κ3) is 3.28. The first-order chi connectivity index (χ1) is 11.3. The van der Waals surface area contributed by atoms with Crippen LogP contribution >= 0.6 is 0 Å². The van der Waals surface area contributed by atoms with Crippen LogP contribution in [0.5, 0.6) is 5.75 Å². The highest BCUT2D eigenvalue weighted by Gasteiger charge is 2.12. The molecule has 3 rings (SSSR count). The lowest BCUT2D eigenvalue weighted by molar-refractivity contribution is 0.0735. The average molecular weight is 299 g/mol. The third-order valence-corrected chi connectivity index (χ3v) is 3.42. The Hall–Kier alpha value is -3.38. The van der Waals surface area contributed by atoms with Crippen molar-refractivity contribution >= 4 is 5.97 Å². The number of hydrogen-bond acceptors (Lipinski definition) is 3. The Kier molecular flexibility index (Phi) is 4.17. The average Bonchev–Trinajstić information content (AvgIpc) is 2.63. The molecular formula is C20H13NO2. The molecular weight excluding hydrogens is 286 g/mol. The lowest BCUT2D eigenvalue weighted by Crippen LogP contribution is -2.08. The molecule has 110 valence electrons. The molecule has 0 unspecified atom stereocenters. The van der Waals surface area contributed by atoms with Gasteiger partial charge < -0.3 is 4.74 Å². The zero-order valence-electron chi connectivity index (χ0n) is 12.3. The van der Waals surface area contributed by atoms with E-state index in [1.807, 2.05) is 36.4 Å². The molecule has 0 aromatic heterocycles. The summed E-state index contributed by atoms with van der Waals surface area (Å²) in [5.74, 6) is 0.0951. The van der Waals surface area contributed by atoms with Gasteiger partial charge in [0, 0.05) is 5.56 Å². The van der Waals surface area contributed by atoms with E-state index in [1.54, 1.807) is 42.5 Å². The van der Waals surface area contributed by atoms with E-state index in [-0.39, 0.29) is 0 Å². The van der Waals surface area contributed by atoms with Gasteiger partial charge in [-0.15, -0.1) is 0 Å². The number of benzene rings is 3. The van der Waals surface area contributed by atoms with Crippen molar-refractivity contribution in [1.29, 1.82) is 5.26 Å².